The maximum absolute atomic E-state index is 4.99. The molecule has 3 aromatic rings. The Bertz CT molecular complexity index is 825. The summed E-state index contributed by atoms with van der Waals surface area (Å²) in [5.74, 6) is 0.997. The van der Waals surface area contributed by atoms with Gasteiger partial charge in [-0.25, -0.2) is 4.98 Å². The second-order valence-corrected chi connectivity index (χ2v) is 7.26. The van der Waals surface area contributed by atoms with E-state index in [2.05, 4.69) is 84.0 Å². The van der Waals surface area contributed by atoms with Gasteiger partial charge in [-0.15, -0.1) is 0 Å². The number of benzene rings is 2. The molecule has 0 amide bonds. The van der Waals surface area contributed by atoms with Gasteiger partial charge in [-0.05, 0) is 13.8 Å². The molecule has 0 radical (unpaired) electrons. The van der Waals surface area contributed by atoms with Crippen LogP contribution in [0, 0.1) is 0 Å². The van der Waals surface area contributed by atoms with Crippen molar-refractivity contribution in [1.82, 2.24) is 14.5 Å². The van der Waals surface area contributed by atoms with Crippen LogP contribution in [0.1, 0.15) is 13.8 Å². The van der Waals surface area contributed by atoms with Crippen molar-refractivity contribution in [2.45, 2.75) is 31.7 Å². The summed E-state index contributed by atoms with van der Waals surface area (Å²) in [7, 11) is 0. The van der Waals surface area contributed by atoms with E-state index in [1.165, 1.54) is 16.8 Å². The molecule has 0 bridgehead atoms. The lowest BCUT2D eigenvalue weighted by molar-refractivity contribution is 0.193. The monoisotopic (exact) mass is 335 g/mol. The average Bonchev–Trinajstić information content (AvgIpc) is 3.01. The highest BCUT2D eigenvalue weighted by molar-refractivity contribution is 7.99. The van der Waals surface area contributed by atoms with Crippen molar-refractivity contribution in [2.75, 3.05) is 5.88 Å². The van der Waals surface area contributed by atoms with Gasteiger partial charge in [0.25, 0.3) is 0 Å². The highest BCUT2D eigenvalue weighted by Crippen LogP contribution is 2.38. The fraction of sp³-hybridized carbons (Fsp3) is 0.250. The number of rotatable bonds is 3. The smallest absolute Gasteiger partial charge is 0.171 e. The van der Waals surface area contributed by atoms with Crippen molar-refractivity contribution in [1.29, 1.82) is 0 Å². The third-order valence-electron chi connectivity index (χ3n) is 4.44. The van der Waals surface area contributed by atoms with Gasteiger partial charge in [-0.1, -0.05) is 72.4 Å². The summed E-state index contributed by atoms with van der Waals surface area (Å²) in [6.07, 6.45) is 0. The number of hydrogen-bond donors (Lipinski definition) is 0. The van der Waals surface area contributed by atoms with Gasteiger partial charge in [-0.3, -0.25) is 4.90 Å². The third-order valence-corrected chi connectivity index (χ3v) is 5.47. The minimum Gasteiger partial charge on any atom is -0.305 e. The van der Waals surface area contributed by atoms with Gasteiger partial charge < -0.3 is 4.57 Å². The Hall–Kier alpha value is -2.04. The Morgan fingerprint density at radius 1 is 0.917 bits per heavy atom. The quantitative estimate of drug-likeness (QED) is 0.676. The van der Waals surface area contributed by atoms with Crippen LogP contribution in [0.4, 0.5) is 0 Å². The maximum Gasteiger partial charge on any atom is 0.171 e. The summed E-state index contributed by atoms with van der Waals surface area (Å²) in [6, 6.07) is 21.6. The molecule has 0 unspecified atom stereocenters. The SMILES string of the molecule is CC(C)N1CSc2nc(-c3ccccc3)c(-c3ccccc3)n2C1. The number of thioether (sulfide) groups is 1. The van der Waals surface area contributed by atoms with E-state index in [1.54, 1.807) is 0 Å². The number of nitrogens with zero attached hydrogens (tertiary/aromatic N) is 3. The predicted molar refractivity (Wildman–Crippen MR) is 101 cm³/mol. The van der Waals surface area contributed by atoms with E-state index in [0.717, 1.165) is 23.4 Å². The van der Waals surface area contributed by atoms with Gasteiger partial charge in [0.2, 0.25) is 0 Å². The zero-order valence-electron chi connectivity index (χ0n) is 14.0. The molecule has 4 heteroatoms. The largest absolute Gasteiger partial charge is 0.305 e. The molecule has 3 nitrogen and oxygen atoms in total. The van der Waals surface area contributed by atoms with Crippen molar-refractivity contribution < 1.29 is 0 Å². The summed E-state index contributed by atoms with van der Waals surface area (Å²) in [5.41, 5.74) is 4.70. The first-order valence-electron chi connectivity index (χ1n) is 8.32. The first kappa shape index (κ1) is 15.5. The lowest BCUT2D eigenvalue weighted by Gasteiger charge is -2.31. The Balaban J connectivity index is 1.90. The van der Waals surface area contributed by atoms with Crippen LogP contribution >= 0.6 is 11.8 Å². The summed E-state index contributed by atoms with van der Waals surface area (Å²) in [6.45, 7) is 5.40. The molecule has 0 spiro atoms. The lowest BCUT2D eigenvalue weighted by atomic mass is 10.0. The van der Waals surface area contributed by atoms with Crippen LogP contribution in [0.2, 0.25) is 0 Å². The molecule has 1 aromatic heterocycles. The third kappa shape index (κ3) is 2.76. The summed E-state index contributed by atoms with van der Waals surface area (Å²) >= 11 is 1.83. The van der Waals surface area contributed by atoms with Gasteiger partial charge in [-0.2, -0.15) is 0 Å². The molecule has 1 aliphatic rings. The van der Waals surface area contributed by atoms with Gasteiger partial charge in [0.05, 0.1) is 23.9 Å². The molecule has 0 saturated heterocycles. The molecule has 2 aromatic carbocycles. The molecule has 4 rings (SSSR count). The van der Waals surface area contributed by atoms with Crippen LogP contribution in [-0.4, -0.2) is 26.4 Å². The van der Waals surface area contributed by atoms with Crippen LogP contribution < -0.4 is 0 Å². The van der Waals surface area contributed by atoms with E-state index in [0.29, 0.717) is 6.04 Å². The van der Waals surface area contributed by atoms with E-state index in [1.807, 2.05) is 11.8 Å². The fourth-order valence-electron chi connectivity index (χ4n) is 3.04. The van der Waals surface area contributed by atoms with Crippen LogP contribution in [-0.2, 0) is 6.67 Å². The van der Waals surface area contributed by atoms with Gasteiger partial charge >= 0.3 is 0 Å². The first-order chi connectivity index (χ1) is 11.7. The normalized spacial score (nSPS) is 14.8. The van der Waals surface area contributed by atoms with Gasteiger partial charge in [0, 0.05) is 17.2 Å². The molecule has 122 valence electrons. The topological polar surface area (TPSA) is 21.1 Å². The molecule has 0 atom stereocenters. The molecular weight excluding hydrogens is 314 g/mol. The lowest BCUT2D eigenvalue weighted by Crippen LogP contribution is -2.35. The number of fused-ring (bicyclic) bond motifs is 1. The first-order valence-corrected chi connectivity index (χ1v) is 9.31. The highest BCUT2D eigenvalue weighted by atomic mass is 32.2. The minimum absolute atomic E-state index is 0.525. The molecule has 0 N–H and O–H groups in total. The summed E-state index contributed by atoms with van der Waals surface area (Å²) in [4.78, 5) is 7.46. The second kappa shape index (κ2) is 6.46. The number of imidazole rings is 1. The van der Waals surface area contributed by atoms with E-state index in [4.69, 9.17) is 4.98 Å². The molecule has 24 heavy (non-hydrogen) atoms. The Kier molecular flexibility index (Phi) is 4.17. The van der Waals surface area contributed by atoms with Crippen molar-refractivity contribution in [3.05, 3.63) is 60.7 Å². The van der Waals surface area contributed by atoms with Crippen molar-refractivity contribution >= 4 is 11.8 Å². The fourth-order valence-corrected chi connectivity index (χ4v) is 4.16. The standard InChI is InChI=1S/C20H21N3S/c1-15(2)22-13-23-19(17-11-7-4-8-12-17)18(21-20(23)24-14-22)16-9-5-3-6-10-16/h3-12,15H,13-14H2,1-2H3. The van der Waals surface area contributed by atoms with Crippen LogP contribution in [0.5, 0.6) is 0 Å². The van der Waals surface area contributed by atoms with Crippen LogP contribution in [0.25, 0.3) is 22.5 Å². The summed E-state index contributed by atoms with van der Waals surface area (Å²) < 4.78 is 2.37. The van der Waals surface area contributed by atoms with E-state index in [9.17, 15) is 0 Å². The van der Waals surface area contributed by atoms with Gasteiger partial charge in [0.15, 0.2) is 5.16 Å². The van der Waals surface area contributed by atoms with Crippen molar-refractivity contribution in [2.24, 2.45) is 0 Å². The van der Waals surface area contributed by atoms with Crippen molar-refractivity contribution in [3.63, 3.8) is 0 Å². The maximum atomic E-state index is 4.99. The highest BCUT2D eigenvalue weighted by Gasteiger charge is 2.26. The molecule has 0 fully saturated rings. The zero-order chi connectivity index (χ0) is 16.5. The Morgan fingerprint density at radius 2 is 1.54 bits per heavy atom. The van der Waals surface area contributed by atoms with Crippen LogP contribution in [0.15, 0.2) is 65.8 Å². The molecule has 0 aliphatic carbocycles. The second-order valence-electron chi connectivity index (χ2n) is 6.35. The molecule has 1 aliphatic heterocycles. The van der Waals surface area contributed by atoms with Gasteiger partial charge in [0.1, 0.15) is 0 Å². The molecule has 0 saturated carbocycles. The predicted octanol–water partition coefficient (Wildman–Crippen LogP) is 4.95. The average molecular weight is 335 g/mol. The Morgan fingerprint density at radius 3 is 2.17 bits per heavy atom. The van der Waals surface area contributed by atoms with Crippen LogP contribution in [0.3, 0.4) is 0 Å². The summed E-state index contributed by atoms with van der Waals surface area (Å²) in [5, 5.41) is 1.12. The minimum atomic E-state index is 0.525. The van der Waals surface area contributed by atoms with E-state index in [-0.39, 0.29) is 0 Å². The molecular formula is C20H21N3S. The van der Waals surface area contributed by atoms with Crippen molar-refractivity contribution in [3.8, 4) is 22.5 Å². The number of aromatic nitrogens is 2. The zero-order valence-corrected chi connectivity index (χ0v) is 14.8. The Labute approximate surface area is 147 Å². The molecule has 2 heterocycles. The van der Waals surface area contributed by atoms with E-state index >= 15 is 0 Å². The number of hydrogen-bond acceptors (Lipinski definition) is 3. The van der Waals surface area contributed by atoms with E-state index < -0.39 is 0 Å².